The van der Waals surface area contributed by atoms with Crippen LogP contribution in [0.15, 0.2) is 24.5 Å². The van der Waals surface area contributed by atoms with Crippen LogP contribution in [0.3, 0.4) is 0 Å². The molecule has 4 heteroatoms. The fourth-order valence-corrected chi connectivity index (χ4v) is 3.03. The molecule has 0 aromatic carbocycles. The number of aryl methyl sites for hydroxylation is 2. The average Bonchev–Trinajstić information content (AvgIpc) is 3.00. The van der Waals surface area contributed by atoms with Gasteiger partial charge < -0.3 is 9.88 Å². The smallest absolute Gasteiger partial charge is 0.131 e. The van der Waals surface area contributed by atoms with Crippen molar-refractivity contribution >= 4 is 11.3 Å². The number of aromatic nitrogens is 2. The van der Waals surface area contributed by atoms with Crippen molar-refractivity contribution in [3.8, 4) is 0 Å². The van der Waals surface area contributed by atoms with E-state index in [1.807, 2.05) is 23.7 Å². The highest BCUT2D eigenvalue weighted by atomic mass is 32.1. The van der Waals surface area contributed by atoms with Crippen LogP contribution in [0.25, 0.3) is 0 Å². The molecule has 1 N–H and O–H groups in total. The first-order valence-electron chi connectivity index (χ1n) is 6.55. The molecule has 0 aliphatic carbocycles. The van der Waals surface area contributed by atoms with Crippen molar-refractivity contribution in [2.24, 2.45) is 7.05 Å². The van der Waals surface area contributed by atoms with Gasteiger partial charge in [0.25, 0.3) is 0 Å². The molecule has 0 spiro atoms. The molecule has 2 aromatic heterocycles. The van der Waals surface area contributed by atoms with Gasteiger partial charge in [0.05, 0.1) is 0 Å². The van der Waals surface area contributed by atoms with Crippen molar-refractivity contribution in [2.45, 2.75) is 32.7 Å². The molecule has 0 aliphatic rings. The van der Waals surface area contributed by atoms with Gasteiger partial charge in [-0.05, 0) is 31.5 Å². The van der Waals surface area contributed by atoms with E-state index in [1.165, 1.54) is 9.75 Å². The number of rotatable bonds is 6. The molecule has 0 bridgehead atoms. The average molecular weight is 263 g/mol. The maximum atomic E-state index is 4.49. The molecule has 0 amide bonds. The lowest BCUT2D eigenvalue weighted by Crippen LogP contribution is -2.25. The number of nitrogens with one attached hydrogen (secondary N) is 1. The van der Waals surface area contributed by atoms with Gasteiger partial charge in [0, 0.05) is 29.2 Å². The summed E-state index contributed by atoms with van der Waals surface area (Å²) in [6, 6.07) is 4.67. The minimum absolute atomic E-state index is 0.218. The van der Waals surface area contributed by atoms with Crippen LogP contribution in [-0.2, 0) is 13.5 Å². The van der Waals surface area contributed by atoms with Gasteiger partial charge in [0.15, 0.2) is 0 Å². The molecule has 18 heavy (non-hydrogen) atoms. The number of thiophene rings is 1. The summed E-state index contributed by atoms with van der Waals surface area (Å²) in [6.45, 7) is 5.40. The normalized spacial score (nSPS) is 12.8. The second-order valence-corrected chi connectivity index (χ2v) is 5.64. The highest BCUT2D eigenvalue weighted by Gasteiger charge is 2.19. The Morgan fingerprint density at radius 2 is 2.22 bits per heavy atom. The van der Waals surface area contributed by atoms with Crippen LogP contribution in [0, 0.1) is 0 Å². The van der Waals surface area contributed by atoms with E-state index in [0.717, 1.165) is 25.2 Å². The lowest BCUT2D eigenvalue weighted by molar-refractivity contribution is 0.562. The number of nitrogens with zero attached hydrogens (tertiary/aromatic N) is 2. The summed E-state index contributed by atoms with van der Waals surface area (Å²) in [5, 5.41) is 3.59. The molecule has 0 fully saturated rings. The largest absolute Gasteiger partial charge is 0.336 e. The molecule has 1 atom stereocenters. The predicted octanol–water partition coefficient (Wildman–Crippen LogP) is 3.13. The van der Waals surface area contributed by atoms with E-state index in [9.17, 15) is 0 Å². The van der Waals surface area contributed by atoms with Crippen molar-refractivity contribution in [3.05, 3.63) is 40.1 Å². The van der Waals surface area contributed by atoms with Crippen molar-refractivity contribution in [1.82, 2.24) is 14.9 Å². The van der Waals surface area contributed by atoms with Crippen LogP contribution in [0.1, 0.15) is 41.9 Å². The Bertz CT molecular complexity index is 487. The third-order valence-electron chi connectivity index (χ3n) is 3.03. The highest BCUT2D eigenvalue weighted by Crippen LogP contribution is 2.27. The van der Waals surface area contributed by atoms with E-state index < -0.39 is 0 Å². The van der Waals surface area contributed by atoms with E-state index in [-0.39, 0.29) is 6.04 Å². The van der Waals surface area contributed by atoms with E-state index in [1.54, 1.807) is 0 Å². The molecule has 0 saturated heterocycles. The standard InChI is InChI=1S/C14H21N3S/c1-4-8-15-13(14-16-9-10-17(14)3)12-7-6-11(5-2)18-12/h6-7,9-10,13,15H,4-5,8H2,1-3H3. The summed E-state index contributed by atoms with van der Waals surface area (Å²) in [5.41, 5.74) is 0. The first-order chi connectivity index (χ1) is 8.76. The molecule has 1 unspecified atom stereocenters. The van der Waals surface area contributed by atoms with Gasteiger partial charge in [0.2, 0.25) is 0 Å². The molecule has 3 nitrogen and oxygen atoms in total. The minimum Gasteiger partial charge on any atom is -0.336 e. The van der Waals surface area contributed by atoms with Crippen molar-refractivity contribution in [3.63, 3.8) is 0 Å². The van der Waals surface area contributed by atoms with Crippen LogP contribution in [0.5, 0.6) is 0 Å². The van der Waals surface area contributed by atoms with Gasteiger partial charge in [-0.25, -0.2) is 4.98 Å². The number of hydrogen-bond acceptors (Lipinski definition) is 3. The van der Waals surface area contributed by atoms with E-state index >= 15 is 0 Å². The zero-order valence-electron chi connectivity index (χ0n) is 11.3. The second kappa shape index (κ2) is 6.16. The van der Waals surface area contributed by atoms with E-state index in [0.29, 0.717) is 0 Å². The maximum absolute atomic E-state index is 4.49. The lowest BCUT2D eigenvalue weighted by atomic mass is 10.2. The minimum atomic E-state index is 0.218. The zero-order chi connectivity index (χ0) is 13.0. The third kappa shape index (κ3) is 2.82. The second-order valence-electron chi connectivity index (χ2n) is 4.44. The molecule has 0 saturated carbocycles. The molecule has 0 radical (unpaired) electrons. The molecule has 98 valence electrons. The van der Waals surface area contributed by atoms with Crippen LogP contribution < -0.4 is 5.32 Å². The Morgan fingerprint density at radius 3 is 2.78 bits per heavy atom. The summed E-state index contributed by atoms with van der Waals surface area (Å²) in [6.07, 6.45) is 6.10. The lowest BCUT2D eigenvalue weighted by Gasteiger charge is -2.16. The quantitative estimate of drug-likeness (QED) is 0.867. The number of hydrogen-bond donors (Lipinski definition) is 1. The number of imidazole rings is 1. The molecule has 2 rings (SSSR count). The van der Waals surface area contributed by atoms with Crippen molar-refractivity contribution in [1.29, 1.82) is 0 Å². The Morgan fingerprint density at radius 1 is 1.39 bits per heavy atom. The molecular weight excluding hydrogens is 242 g/mol. The van der Waals surface area contributed by atoms with Crippen molar-refractivity contribution < 1.29 is 0 Å². The Kier molecular flexibility index (Phi) is 4.55. The van der Waals surface area contributed by atoms with Crippen LogP contribution in [-0.4, -0.2) is 16.1 Å². The zero-order valence-corrected chi connectivity index (χ0v) is 12.1. The van der Waals surface area contributed by atoms with Gasteiger partial charge in [-0.2, -0.15) is 0 Å². The Labute approximate surface area is 113 Å². The highest BCUT2D eigenvalue weighted by molar-refractivity contribution is 7.12. The summed E-state index contributed by atoms with van der Waals surface area (Å²) >= 11 is 1.88. The topological polar surface area (TPSA) is 29.9 Å². The van der Waals surface area contributed by atoms with Crippen LogP contribution in [0.4, 0.5) is 0 Å². The molecule has 0 aliphatic heterocycles. The first-order valence-corrected chi connectivity index (χ1v) is 7.37. The monoisotopic (exact) mass is 263 g/mol. The van der Waals surface area contributed by atoms with Crippen LogP contribution >= 0.6 is 11.3 Å². The molecular formula is C14H21N3S. The summed E-state index contributed by atoms with van der Waals surface area (Å²) < 4.78 is 2.10. The fraction of sp³-hybridized carbons (Fsp3) is 0.500. The van der Waals surface area contributed by atoms with Crippen molar-refractivity contribution in [2.75, 3.05) is 6.54 Å². The van der Waals surface area contributed by atoms with Gasteiger partial charge in [0.1, 0.15) is 11.9 Å². The van der Waals surface area contributed by atoms with E-state index in [4.69, 9.17) is 0 Å². The SMILES string of the molecule is CCCNC(c1ccc(CC)s1)c1nccn1C. The summed E-state index contributed by atoms with van der Waals surface area (Å²) in [4.78, 5) is 7.28. The Balaban J connectivity index is 2.27. The summed E-state index contributed by atoms with van der Waals surface area (Å²) in [5.74, 6) is 1.09. The Hall–Kier alpha value is -1.13. The van der Waals surface area contributed by atoms with Gasteiger partial charge in [-0.1, -0.05) is 13.8 Å². The van der Waals surface area contributed by atoms with Gasteiger partial charge >= 0.3 is 0 Å². The summed E-state index contributed by atoms with van der Waals surface area (Å²) in [7, 11) is 2.05. The molecule has 2 aromatic rings. The van der Waals surface area contributed by atoms with E-state index in [2.05, 4.69) is 47.9 Å². The fourth-order valence-electron chi connectivity index (χ4n) is 2.00. The molecule has 2 heterocycles. The first kappa shape index (κ1) is 13.3. The predicted molar refractivity (Wildman–Crippen MR) is 77.0 cm³/mol. The maximum Gasteiger partial charge on any atom is 0.131 e. The van der Waals surface area contributed by atoms with Crippen LogP contribution in [0.2, 0.25) is 0 Å². The third-order valence-corrected chi connectivity index (χ3v) is 4.32. The van der Waals surface area contributed by atoms with Gasteiger partial charge in [-0.15, -0.1) is 11.3 Å². The van der Waals surface area contributed by atoms with Gasteiger partial charge in [-0.3, -0.25) is 0 Å².